The van der Waals surface area contributed by atoms with Gasteiger partial charge in [0, 0.05) is 32.2 Å². The highest BCUT2D eigenvalue weighted by atomic mass is 19.4. The molecule has 1 amide bonds. The van der Waals surface area contributed by atoms with Gasteiger partial charge in [-0.05, 0) is 17.5 Å². The van der Waals surface area contributed by atoms with Crippen molar-refractivity contribution < 1.29 is 22.7 Å². The van der Waals surface area contributed by atoms with Crippen molar-refractivity contribution in [2.75, 3.05) is 39.4 Å². The summed E-state index contributed by atoms with van der Waals surface area (Å²) in [6, 6.07) is 3.93. The molecule has 5 nitrogen and oxygen atoms in total. The van der Waals surface area contributed by atoms with E-state index in [1.165, 1.54) is 18.2 Å². The molecule has 3 rings (SSSR count). The van der Waals surface area contributed by atoms with Crippen LogP contribution in [0.5, 0.6) is 0 Å². The number of carbonyl (C=O) groups excluding carboxylic acids is 1. The molecule has 8 heteroatoms. The van der Waals surface area contributed by atoms with Crippen molar-refractivity contribution in [2.45, 2.75) is 31.6 Å². The van der Waals surface area contributed by atoms with E-state index in [1.807, 2.05) is 0 Å². The Morgan fingerprint density at radius 1 is 1.26 bits per heavy atom. The molecule has 2 heterocycles. The predicted molar refractivity (Wildman–Crippen MR) is 94.9 cm³/mol. The summed E-state index contributed by atoms with van der Waals surface area (Å²) < 4.78 is 45.2. The summed E-state index contributed by atoms with van der Waals surface area (Å²) in [5.41, 5.74) is 4.99. The Labute approximate surface area is 157 Å². The molecule has 0 aliphatic carbocycles. The van der Waals surface area contributed by atoms with Crippen LogP contribution < -0.4 is 5.73 Å². The zero-order valence-electron chi connectivity index (χ0n) is 15.4. The second-order valence-corrected chi connectivity index (χ2v) is 7.19. The van der Waals surface area contributed by atoms with Crippen molar-refractivity contribution in [2.24, 2.45) is 11.7 Å². The highest BCUT2D eigenvalue weighted by Crippen LogP contribution is 2.35. The fourth-order valence-corrected chi connectivity index (χ4v) is 4.11. The molecule has 1 aromatic rings. The van der Waals surface area contributed by atoms with E-state index < -0.39 is 23.7 Å². The number of ether oxygens (including phenoxy) is 1. The first kappa shape index (κ1) is 20.1. The first-order valence-corrected chi connectivity index (χ1v) is 9.35. The summed E-state index contributed by atoms with van der Waals surface area (Å²) in [6.45, 7) is 6.06. The summed E-state index contributed by atoms with van der Waals surface area (Å²) in [5, 5.41) is 0. The monoisotopic (exact) mass is 385 g/mol. The van der Waals surface area contributed by atoms with E-state index in [-0.39, 0.29) is 17.5 Å². The third-order valence-corrected chi connectivity index (χ3v) is 5.62. The number of rotatable bonds is 4. The van der Waals surface area contributed by atoms with Crippen LogP contribution in [0.3, 0.4) is 0 Å². The van der Waals surface area contributed by atoms with Crippen molar-refractivity contribution in [3.05, 3.63) is 35.4 Å². The smallest absolute Gasteiger partial charge is 0.379 e. The minimum Gasteiger partial charge on any atom is -0.379 e. The van der Waals surface area contributed by atoms with Crippen molar-refractivity contribution in [1.29, 1.82) is 0 Å². The molecule has 3 unspecified atom stereocenters. The lowest BCUT2D eigenvalue weighted by molar-refractivity contribution is -0.139. The Balaban J connectivity index is 1.76. The number of benzene rings is 1. The highest BCUT2D eigenvalue weighted by molar-refractivity contribution is 5.84. The predicted octanol–water partition coefficient (Wildman–Crippen LogP) is 2.27. The Morgan fingerprint density at radius 2 is 1.93 bits per heavy atom. The van der Waals surface area contributed by atoms with E-state index in [0.29, 0.717) is 26.3 Å². The van der Waals surface area contributed by atoms with Gasteiger partial charge in [0.2, 0.25) is 5.91 Å². The molecule has 27 heavy (non-hydrogen) atoms. The molecule has 0 saturated carbocycles. The average Bonchev–Trinajstić information content (AvgIpc) is 3.11. The van der Waals surface area contributed by atoms with E-state index in [4.69, 9.17) is 10.5 Å². The van der Waals surface area contributed by atoms with E-state index >= 15 is 0 Å². The fourth-order valence-electron chi connectivity index (χ4n) is 4.11. The van der Waals surface area contributed by atoms with Crippen LogP contribution in [0.25, 0.3) is 0 Å². The van der Waals surface area contributed by atoms with Crippen LogP contribution in [-0.4, -0.2) is 61.1 Å². The van der Waals surface area contributed by atoms with E-state index in [2.05, 4.69) is 11.8 Å². The van der Waals surface area contributed by atoms with Crippen molar-refractivity contribution in [1.82, 2.24) is 9.80 Å². The number of halogens is 3. The first-order valence-electron chi connectivity index (χ1n) is 9.35. The van der Waals surface area contributed by atoms with Gasteiger partial charge in [0.25, 0.3) is 0 Å². The number of nitrogens with zero attached hydrogens (tertiary/aromatic N) is 2. The van der Waals surface area contributed by atoms with Gasteiger partial charge in [-0.3, -0.25) is 9.69 Å². The van der Waals surface area contributed by atoms with Crippen molar-refractivity contribution in [3.8, 4) is 0 Å². The number of nitrogens with two attached hydrogens (primary N) is 1. The molecule has 2 aliphatic rings. The number of carbonyl (C=O) groups is 1. The molecule has 1 aromatic carbocycles. The van der Waals surface area contributed by atoms with Crippen LogP contribution in [0.4, 0.5) is 13.2 Å². The number of amides is 1. The summed E-state index contributed by atoms with van der Waals surface area (Å²) in [4.78, 5) is 16.9. The highest BCUT2D eigenvalue weighted by Gasteiger charge is 2.41. The number of morpholine rings is 1. The zero-order chi connectivity index (χ0) is 19.6. The van der Waals surface area contributed by atoms with E-state index in [1.54, 1.807) is 4.90 Å². The summed E-state index contributed by atoms with van der Waals surface area (Å²) in [5.74, 6) is -0.155. The van der Waals surface area contributed by atoms with Gasteiger partial charge in [0.05, 0.1) is 18.8 Å². The second-order valence-electron chi connectivity index (χ2n) is 7.19. The van der Waals surface area contributed by atoms with Crippen LogP contribution in [-0.2, 0) is 15.7 Å². The van der Waals surface area contributed by atoms with Gasteiger partial charge in [-0.1, -0.05) is 31.5 Å². The topological polar surface area (TPSA) is 58.8 Å². The van der Waals surface area contributed by atoms with Gasteiger partial charge < -0.3 is 15.4 Å². The van der Waals surface area contributed by atoms with Gasteiger partial charge >= 0.3 is 6.18 Å². The molecule has 0 aromatic heterocycles. The Kier molecular flexibility index (Phi) is 6.08. The molecule has 2 aliphatic heterocycles. The summed E-state index contributed by atoms with van der Waals surface area (Å²) >= 11 is 0. The van der Waals surface area contributed by atoms with Crippen LogP contribution in [0.15, 0.2) is 24.3 Å². The van der Waals surface area contributed by atoms with Gasteiger partial charge in [0.1, 0.15) is 6.04 Å². The molecule has 2 saturated heterocycles. The largest absolute Gasteiger partial charge is 0.416 e. The maximum Gasteiger partial charge on any atom is 0.416 e. The summed E-state index contributed by atoms with van der Waals surface area (Å²) in [6.07, 6.45) is -3.64. The number of hydrogen-bond acceptors (Lipinski definition) is 4. The van der Waals surface area contributed by atoms with Crippen LogP contribution >= 0.6 is 0 Å². The van der Waals surface area contributed by atoms with Gasteiger partial charge in [0.15, 0.2) is 0 Å². The minimum absolute atomic E-state index is 0.169. The van der Waals surface area contributed by atoms with Gasteiger partial charge in [-0.25, -0.2) is 0 Å². The minimum atomic E-state index is -4.54. The quantitative estimate of drug-likeness (QED) is 0.864. The lowest BCUT2D eigenvalue weighted by Gasteiger charge is -2.34. The van der Waals surface area contributed by atoms with E-state index in [0.717, 1.165) is 25.6 Å². The lowest BCUT2D eigenvalue weighted by atomic mass is 9.99. The van der Waals surface area contributed by atoms with E-state index in [9.17, 15) is 18.0 Å². The maximum atomic E-state index is 13.3. The van der Waals surface area contributed by atoms with Crippen LogP contribution in [0, 0.1) is 5.92 Å². The Morgan fingerprint density at radius 3 is 2.56 bits per heavy atom. The average molecular weight is 385 g/mol. The number of hydrogen-bond donors (Lipinski definition) is 1. The normalized spacial score (nSPS) is 25.6. The maximum absolute atomic E-state index is 13.3. The van der Waals surface area contributed by atoms with Gasteiger partial charge in [-0.2, -0.15) is 13.2 Å². The molecule has 150 valence electrons. The molecule has 0 bridgehead atoms. The second kappa shape index (κ2) is 8.16. The molecule has 2 fully saturated rings. The third-order valence-electron chi connectivity index (χ3n) is 5.62. The zero-order valence-corrected chi connectivity index (χ0v) is 15.4. The fraction of sp³-hybridized carbons (Fsp3) is 0.632. The third kappa shape index (κ3) is 4.28. The molecule has 3 atom stereocenters. The number of likely N-dealkylation sites (tertiary alicyclic amines) is 1. The molecule has 0 spiro atoms. The summed E-state index contributed by atoms with van der Waals surface area (Å²) in [7, 11) is 0. The van der Waals surface area contributed by atoms with Crippen molar-refractivity contribution in [3.63, 3.8) is 0 Å². The van der Waals surface area contributed by atoms with Crippen LogP contribution in [0.1, 0.15) is 30.5 Å². The molecule has 0 radical (unpaired) electrons. The van der Waals surface area contributed by atoms with Crippen molar-refractivity contribution >= 4 is 5.91 Å². The molecular formula is C19H26F3N3O2. The first-order chi connectivity index (χ1) is 12.8. The SMILES string of the molecule is CCC1CN(C(=O)C(N)c2ccccc2C(F)(F)F)CC1N1CCOCC1. The molecular weight excluding hydrogens is 359 g/mol. The Hall–Kier alpha value is -1.64. The van der Waals surface area contributed by atoms with Gasteiger partial charge in [-0.15, -0.1) is 0 Å². The standard InChI is InChI=1S/C19H26F3N3O2/c1-2-13-11-25(12-16(13)24-7-9-27-10-8-24)18(26)17(23)14-5-3-4-6-15(14)19(20,21)22/h3-6,13,16-17H,2,7-12,23H2,1H3. The van der Waals surface area contributed by atoms with Crippen LogP contribution in [0.2, 0.25) is 0 Å². The Bertz CT molecular complexity index is 662. The number of alkyl halides is 3. The lowest BCUT2D eigenvalue weighted by Crippen LogP contribution is -2.47. The molecule has 2 N–H and O–H groups in total.